The molecule has 0 spiro atoms. The first kappa shape index (κ1) is 12.5. The number of aromatic carboxylic acids is 1. The van der Waals surface area contributed by atoms with E-state index in [9.17, 15) is 15.0 Å². The van der Waals surface area contributed by atoms with Gasteiger partial charge in [-0.25, -0.2) is 4.79 Å². The molecule has 0 aromatic heterocycles. The number of aliphatic hydroxyl groups is 1. The van der Waals surface area contributed by atoms with E-state index < -0.39 is 12.1 Å². The van der Waals surface area contributed by atoms with Gasteiger partial charge >= 0.3 is 5.97 Å². The smallest absolute Gasteiger partial charge is 0.339 e. The van der Waals surface area contributed by atoms with Gasteiger partial charge in [-0.15, -0.1) is 0 Å². The lowest BCUT2D eigenvalue weighted by atomic mass is 10.0. The van der Waals surface area contributed by atoms with Crippen LogP contribution in [-0.2, 0) is 0 Å². The second-order valence-corrected chi connectivity index (χ2v) is 3.71. The summed E-state index contributed by atoms with van der Waals surface area (Å²) in [5.41, 5.74) is 0.112. The Morgan fingerprint density at radius 3 is 2.69 bits per heavy atom. The van der Waals surface area contributed by atoms with Crippen LogP contribution in [0.2, 0.25) is 0 Å². The van der Waals surface area contributed by atoms with Crippen LogP contribution in [0.15, 0.2) is 18.2 Å². The third-order valence-electron chi connectivity index (χ3n) is 2.49. The van der Waals surface area contributed by atoms with E-state index in [2.05, 4.69) is 0 Å². The predicted octanol–water partition coefficient (Wildman–Crippen LogP) is 2.31. The van der Waals surface area contributed by atoms with Crippen molar-refractivity contribution in [1.29, 1.82) is 0 Å². The topological polar surface area (TPSA) is 77.8 Å². The molecule has 0 bridgehead atoms. The molecule has 0 aliphatic rings. The van der Waals surface area contributed by atoms with Gasteiger partial charge in [-0.05, 0) is 12.5 Å². The van der Waals surface area contributed by atoms with Crippen molar-refractivity contribution in [3.63, 3.8) is 0 Å². The Kier molecular flexibility index (Phi) is 4.31. The molecule has 0 aliphatic carbocycles. The first-order chi connectivity index (χ1) is 7.57. The van der Waals surface area contributed by atoms with Crippen molar-refractivity contribution in [2.75, 3.05) is 0 Å². The van der Waals surface area contributed by atoms with Crippen LogP contribution in [0.5, 0.6) is 5.75 Å². The Morgan fingerprint density at radius 2 is 2.12 bits per heavy atom. The molecular weight excluding hydrogens is 208 g/mol. The zero-order valence-electron chi connectivity index (χ0n) is 9.18. The van der Waals surface area contributed by atoms with Gasteiger partial charge in [0.1, 0.15) is 11.3 Å². The van der Waals surface area contributed by atoms with Gasteiger partial charge in [-0.3, -0.25) is 0 Å². The summed E-state index contributed by atoms with van der Waals surface area (Å²) < 4.78 is 0. The molecule has 4 nitrogen and oxygen atoms in total. The van der Waals surface area contributed by atoms with Gasteiger partial charge in [0, 0.05) is 5.56 Å². The van der Waals surface area contributed by atoms with Crippen LogP contribution in [0.4, 0.5) is 0 Å². The Morgan fingerprint density at radius 1 is 1.44 bits per heavy atom. The fourth-order valence-electron chi connectivity index (χ4n) is 1.56. The van der Waals surface area contributed by atoms with Crippen molar-refractivity contribution in [2.24, 2.45) is 0 Å². The average Bonchev–Trinajstić information content (AvgIpc) is 2.25. The van der Waals surface area contributed by atoms with Crippen LogP contribution in [0, 0.1) is 0 Å². The molecule has 0 amide bonds. The van der Waals surface area contributed by atoms with E-state index in [0.29, 0.717) is 6.42 Å². The largest absolute Gasteiger partial charge is 0.507 e. The number of carboxylic acids is 1. The first-order valence-corrected chi connectivity index (χ1v) is 5.31. The van der Waals surface area contributed by atoms with E-state index in [1.165, 1.54) is 12.1 Å². The van der Waals surface area contributed by atoms with Gasteiger partial charge in [0.15, 0.2) is 0 Å². The summed E-state index contributed by atoms with van der Waals surface area (Å²) in [6.07, 6.45) is 1.49. The molecule has 88 valence electrons. The number of rotatable bonds is 5. The first-order valence-electron chi connectivity index (χ1n) is 5.31. The fourth-order valence-corrected chi connectivity index (χ4v) is 1.56. The standard InChI is InChI=1S/C12H16O4/c1-2-3-7-10(13)8-5-4-6-9(11(8)14)12(15)16/h4-6,10,13-14H,2-3,7H2,1H3,(H,15,16). The maximum absolute atomic E-state index is 10.8. The molecule has 4 heteroatoms. The van der Waals surface area contributed by atoms with Gasteiger partial charge in [-0.1, -0.05) is 31.9 Å². The Hall–Kier alpha value is -1.55. The molecule has 0 fully saturated rings. The van der Waals surface area contributed by atoms with Crippen molar-refractivity contribution in [3.8, 4) is 5.75 Å². The van der Waals surface area contributed by atoms with Gasteiger partial charge < -0.3 is 15.3 Å². The maximum Gasteiger partial charge on any atom is 0.339 e. The lowest BCUT2D eigenvalue weighted by Crippen LogP contribution is -2.03. The molecule has 0 saturated heterocycles. The second-order valence-electron chi connectivity index (χ2n) is 3.71. The van der Waals surface area contributed by atoms with Crippen molar-refractivity contribution in [3.05, 3.63) is 29.3 Å². The van der Waals surface area contributed by atoms with Crippen LogP contribution in [-0.4, -0.2) is 21.3 Å². The summed E-state index contributed by atoms with van der Waals surface area (Å²) in [5.74, 6) is -1.53. The van der Waals surface area contributed by atoms with Crippen molar-refractivity contribution in [1.82, 2.24) is 0 Å². The monoisotopic (exact) mass is 224 g/mol. The highest BCUT2D eigenvalue weighted by molar-refractivity contribution is 5.91. The molecule has 1 rings (SSSR count). The van der Waals surface area contributed by atoms with Crippen molar-refractivity contribution in [2.45, 2.75) is 32.3 Å². The maximum atomic E-state index is 10.8. The number of benzene rings is 1. The van der Waals surface area contributed by atoms with Crippen molar-refractivity contribution < 1.29 is 20.1 Å². The number of unbranched alkanes of at least 4 members (excludes halogenated alkanes) is 1. The molecule has 1 atom stereocenters. The van der Waals surface area contributed by atoms with E-state index in [-0.39, 0.29) is 16.9 Å². The molecule has 1 aromatic rings. The molecule has 0 saturated carbocycles. The van der Waals surface area contributed by atoms with Crippen LogP contribution < -0.4 is 0 Å². The van der Waals surface area contributed by atoms with Gasteiger partial charge in [0.2, 0.25) is 0 Å². The summed E-state index contributed by atoms with van der Waals surface area (Å²) in [5, 5.41) is 28.3. The molecule has 0 radical (unpaired) electrons. The zero-order chi connectivity index (χ0) is 12.1. The highest BCUT2D eigenvalue weighted by Gasteiger charge is 2.17. The van der Waals surface area contributed by atoms with Crippen LogP contribution in [0.3, 0.4) is 0 Å². The van der Waals surface area contributed by atoms with Gasteiger partial charge in [-0.2, -0.15) is 0 Å². The molecular formula is C12H16O4. The number of phenols is 1. The molecule has 0 aliphatic heterocycles. The SMILES string of the molecule is CCCCC(O)c1cccc(C(=O)O)c1O. The van der Waals surface area contributed by atoms with Crippen LogP contribution >= 0.6 is 0 Å². The normalized spacial score (nSPS) is 12.4. The minimum atomic E-state index is -1.19. The predicted molar refractivity (Wildman–Crippen MR) is 59.6 cm³/mol. The molecule has 1 unspecified atom stereocenters. The second kappa shape index (κ2) is 5.51. The number of para-hydroxylation sites is 1. The van der Waals surface area contributed by atoms with E-state index in [1.807, 2.05) is 6.92 Å². The summed E-state index contributed by atoms with van der Waals surface area (Å²) in [7, 11) is 0. The molecule has 1 aromatic carbocycles. The fraction of sp³-hybridized carbons (Fsp3) is 0.417. The molecule has 0 heterocycles. The highest BCUT2D eigenvalue weighted by atomic mass is 16.4. The lowest BCUT2D eigenvalue weighted by molar-refractivity contribution is 0.0693. The van der Waals surface area contributed by atoms with Gasteiger partial charge in [0.05, 0.1) is 6.10 Å². The number of hydrogen-bond acceptors (Lipinski definition) is 3. The molecule has 16 heavy (non-hydrogen) atoms. The van der Waals surface area contributed by atoms with E-state index >= 15 is 0 Å². The van der Waals surface area contributed by atoms with E-state index in [0.717, 1.165) is 12.8 Å². The van der Waals surface area contributed by atoms with Gasteiger partial charge in [0.25, 0.3) is 0 Å². The highest BCUT2D eigenvalue weighted by Crippen LogP contribution is 2.30. The quantitative estimate of drug-likeness (QED) is 0.717. The Balaban J connectivity index is 2.96. The number of aromatic hydroxyl groups is 1. The van der Waals surface area contributed by atoms with Crippen LogP contribution in [0.1, 0.15) is 48.2 Å². The summed E-state index contributed by atoms with van der Waals surface area (Å²) in [6, 6.07) is 4.38. The van der Waals surface area contributed by atoms with E-state index in [4.69, 9.17) is 5.11 Å². The zero-order valence-corrected chi connectivity index (χ0v) is 9.18. The number of hydrogen-bond donors (Lipinski definition) is 3. The lowest BCUT2D eigenvalue weighted by Gasteiger charge is -2.13. The Bertz CT molecular complexity index is 373. The summed E-state index contributed by atoms with van der Waals surface area (Å²) in [6.45, 7) is 2.00. The van der Waals surface area contributed by atoms with Crippen LogP contribution in [0.25, 0.3) is 0 Å². The van der Waals surface area contributed by atoms with E-state index in [1.54, 1.807) is 6.07 Å². The number of aliphatic hydroxyl groups excluding tert-OH is 1. The number of carbonyl (C=O) groups is 1. The summed E-state index contributed by atoms with van der Waals surface area (Å²) >= 11 is 0. The average molecular weight is 224 g/mol. The third kappa shape index (κ3) is 2.73. The molecule has 3 N–H and O–H groups in total. The summed E-state index contributed by atoms with van der Waals surface area (Å²) in [4.78, 5) is 10.8. The minimum Gasteiger partial charge on any atom is -0.507 e. The Labute approximate surface area is 94.2 Å². The van der Waals surface area contributed by atoms with Crippen molar-refractivity contribution >= 4 is 5.97 Å². The minimum absolute atomic E-state index is 0.173. The number of carboxylic acid groups (broad SMARTS) is 1. The third-order valence-corrected chi connectivity index (χ3v) is 2.49.